The van der Waals surface area contributed by atoms with Crippen LogP contribution in [0.25, 0.3) is 16.9 Å². The predicted molar refractivity (Wildman–Crippen MR) is 115 cm³/mol. The Labute approximate surface area is 178 Å². The van der Waals surface area contributed by atoms with Crippen molar-refractivity contribution in [3.05, 3.63) is 77.4 Å². The Hall–Kier alpha value is -3.87. The van der Waals surface area contributed by atoms with Crippen molar-refractivity contribution in [2.75, 3.05) is 12.1 Å². The van der Waals surface area contributed by atoms with Gasteiger partial charge in [-0.3, -0.25) is 4.79 Å². The Balaban J connectivity index is 1.51. The summed E-state index contributed by atoms with van der Waals surface area (Å²) in [5.74, 6) is 0.794. The molecule has 2 aromatic heterocycles. The summed E-state index contributed by atoms with van der Waals surface area (Å²) < 4.78 is 26.4. The number of amides is 1. The summed E-state index contributed by atoms with van der Waals surface area (Å²) in [5.41, 5.74) is 5.10. The van der Waals surface area contributed by atoms with E-state index >= 15 is 0 Å². The highest BCUT2D eigenvalue weighted by Crippen LogP contribution is 2.34. The molecular weight excluding hydrogens is 397 g/mol. The van der Waals surface area contributed by atoms with E-state index in [-0.39, 0.29) is 24.9 Å². The molecule has 0 aliphatic carbocycles. The smallest absolute Gasteiger partial charge is 0.231 e. The monoisotopic (exact) mass is 417 g/mol. The van der Waals surface area contributed by atoms with Gasteiger partial charge in [0.1, 0.15) is 11.5 Å². The third-order valence-electron chi connectivity index (χ3n) is 5.28. The molecule has 0 atom stereocenters. The number of ether oxygens (including phenoxy) is 2. The minimum absolute atomic E-state index is 0.102. The first-order valence-corrected chi connectivity index (χ1v) is 9.91. The van der Waals surface area contributed by atoms with Gasteiger partial charge >= 0.3 is 0 Å². The number of aromatic nitrogens is 2. The molecule has 156 valence electrons. The van der Waals surface area contributed by atoms with Crippen molar-refractivity contribution in [2.24, 2.45) is 0 Å². The zero-order valence-electron chi connectivity index (χ0n) is 17.1. The molecule has 1 aliphatic heterocycles. The lowest BCUT2D eigenvalue weighted by Gasteiger charge is -2.09. The zero-order chi connectivity index (χ0) is 21.5. The highest BCUT2D eigenvalue weighted by atomic mass is 19.1. The highest BCUT2D eigenvalue weighted by molar-refractivity contribution is 5.93. The number of nitrogens with zero attached hydrogens (tertiary/aromatic N) is 2. The van der Waals surface area contributed by atoms with E-state index in [1.165, 1.54) is 6.07 Å². The second-order valence-corrected chi connectivity index (χ2v) is 7.60. The van der Waals surface area contributed by atoms with Gasteiger partial charge in [0, 0.05) is 23.5 Å². The van der Waals surface area contributed by atoms with Gasteiger partial charge in [0.15, 0.2) is 11.5 Å². The molecule has 3 heterocycles. The second-order valence-electron chi connectivity index (χ2n) is 7.60. The molecule has 1 N–H and O–H groups in total. The first-order valence-electron chi connectivity index (χ1n) is 9.91. The number of halogens is 1. The summed E-state index contributed by atoms with van der Waals surface area (Å²) >= 11 is 0. The van der Waals surface area contributed by atoms with E-state index in [2.05, 4.69) is 5.32 Å². The molecule has 0 fully saturated rings. The maximum atomic E-state index is 13.8. The van der Waals surface area contributed by atoms with E-state index in [1.807, 2.05) is 29.7 Å². The van der Waals surface area contributed by atoms with Crippen LogP contribution >= 0.6 is 0 Å². The van der Waals surface area contributed by atoms with Crippen molar-refractivity contribution in [3.63, 3.8) is 0 Å². The molecule has 31 heavy (non-hydrogen) atoms. The molecule has 1 aliphatic rings. The van der Waals surface area contributed by atoms with Gasteiger partial charge in [0.05, 0.1) is 17.8 Å². The summed E-state index contributed by atoms with van der Waals surface area (Å²) in [5, 5.41) is 2.91. The number of hydrogen-bond acceptors (Lipinski definition) is 4. The first-order chi connectivity index (χ1) is 15.0. The van der Waals surface area contributed by atoms with Crippen LogP contribution in [-0.4, -0.2) is 22.1 Å². The third-order valence-corrected chi connectivity index (χ3v) is 5.28. The number of rotatable bonds is 4. The third kappa shape index (κ3) is 3.59. The van der Waals surface area contributed by atoms with Crippen molar-refractivity contribution in [1.29, 1.82) is 0 Å². The van der Waals surface area contributed by atoms with Crippen molar-refractivity contribution in [2.45, 2.75) is 20.3 Å². The first kappa shape index (κ1) is 19.1. The summed E-state index contributed by atoms with van der Waals surface area (Å²) in [4.78, 5) is 17.7. The normalized spacial score (nSPS) is 12.4. The Morgan fingerprint density at radius 2 is 1.94 bits per heavy atom. The Bertz CT molecular complexity index is 1330. The number of carbonyl (C=O) groups excluding carboxylic acids is 1. The summed E-state index contributed by atoms with van der Waals surface area (Å²) in [7, 11) is 0. The standard InChI is InChI=1S/C24H20FN3O3/c1-14-3-8-22-27-24(16-4-6-18(25)15(2)9-16)19(28(22)12-14)11-23(29)26-17-5-7-20-21(10-17)31-13-30-20/h3-10,12H,11,13H2,1-2H3,(H,26,29). The molecule has 0 saturated heterocycles. The molecule has 2 aromatic carbocycles. The van der Waals surface area contributed by atoms with Gasteiger partial charge in [-0.05, 0) is 61.4 Å². The molecular formula is C24H20FN3O3. The second kappa shape index (κ2) is 7.43. The number of carbonyl (C=O) groups is 1. The minimum atomic E-state index is -0.273. The lowest BCUT2D eigenvalue weighted by molar-refractivity contribution is -0.115. The van der Waals surface area contributed by atoms with E-state index in [1.54, 1.807) is 37.3 Å². The highest BCUT2D eigenvalue weighted by Gasteiger charge is 2.19. The predicted octanol–water partition coefficient (Wildman–Crippen LogP) is 4.67. The average molecular weight is 417 g/mol. The molecule has 6 nitrogen and oxygen atoms in total. The van der Waals surface area contributed by atoms with E-state index in [0.29, 0.717) is 28.4 Å². The van der Waals surface area contributed by atoms with Gasteiger partial charge in [-0.25, -0.2) is 9.37 Å². The Kier molecular flexibility index (Phi) is 4.58. The number of fused-ring (bicyclic) bond motifs is 2. The van der Waals surface area contributed by atoms with Crippen LogP contribution in [0.3, 0.4) is 0 Å². The Morgan fingerprint density at radius 1 is 1.10 bits per heavy atom. The molecule has 0 spiro atoms. The van der Waals surface area contributed by atoms with Crippen molar-refractivity contribution in [3.8, 4) is 22.8 Å². The maximum absolute atomic E-state index is 13.8. The van der Waals surface area contributed by atoms with Crippen LogP contribution in [0.2, 0.25) is 0 Å². The van der Waals surface area contributed by atoms with Crippen molar-refractivity contribution >= 4 is 17.2 Å². The molecule has 1 amide bonds. The van der Waals surface area contributed by atoms with Crippen LogP contribution in [0.1, 0.15) is 16.8 Å². The van der Waals surface area contributed by atoms with E-state index in [0.717, 1.165) is 22.5 Å². The van der Waals surface area contributed by atoms with Crippen molar-refractivity contribution < 1.29 is 18.7 Å². The summed E-state index contributed by atoms with van der Waals surface area (Å²) in [6.07, 6.45) is 2.05. The quantitative estimate of drug-likeness (QED) is 0.524. The SMILES string of the molecule is Cc1ccc2nc(-c3ccc(F)c(C)c3)c(CC(=O)Nc3ccc4c(c3)OCO4)n2c1. The number of aryl methyl sites for hydroxylation is 2. The lowest BCUT2D eigenvalue weighted by atomic mass is 10.1. The van der Waals surface area contributed by atoms with E-state index in [4.69, 9.17) is 14.5 Å². The van der Waals surface area contributed by atoms with Gasteiger partial charge in [-0.1, -0.05) is 6.07 Å². The fourth-order valence-electron chi connectivity index (χ4n) is 3.72. The van der Waals surface area contributed by atoms with E-state index < -0.39 is 0 Å². The zero-order valence-corrected chi connectivity index (χ0v) is 17.1. The van der Waals surface area contributed by atoms with Gasteiger partial charge in [0.2, 0.25) is 12.7 Å². The topological polar surface area (TPSA) is 64.9 Å². The number of pyridine rings is 1. The number of anilines is 1. The maximum Gasteiger partial charge on any atom is 0.231 e. The summed E-state index contributed by atoms with van der Waals surface area (Å²) in [6, 6.07) is 14.0. The van der Waals surface area contributed by atoms with Crippen LogP contribution in [0.4, 0.5) is 10.1 Å². The van der Waals surface area contributed by atoms with Crippen LogP contribution in [0.5, 0.6) is 11.5 Å². The molecule has 0 unspecified atom stereocenters. The van der Waals surface area contributed by atoms with E-state index in [9.17, 15) is 9.18 Å². The molecule has 0 bridgehead atoms. The molecule has 0 radical (unpaired) electrons. The number of nitrogens with one attached hydrogen (secondary N) is 1. The fraction of sp³-hybridized carbons (Fsp3) is 0.167. The molecule has 5 rings (SSSR count). The van der Waals surface area contributed by atoms with Crippen LogP contribution in [0.15, 0.2) is 54.7 Å². The summed E-state index contributed by atoms with van der Waals surface area (Å²) in [6.45, 7) is 3.87. The van der Waals surface area contributed by atoms with Crippen LogP contribution in [0, 0.1) is 19.7 Å². The number of benzene rings is 2. The number of hydrogen-bond donors (Lipinski definition) is 1. The number of imidazole rings is 1. The lowest BCUT2D eigenvalue weighted by Crippen LogP contribution is -2.16. The van der Waals surface area contributed by atoms with Crippen LogP contribution in [-0.2, 0) is 11.2 Å². The average Bonchev–Trinajstić information content (AvgIpc) is 3.34. The van der Waals surface area contributed by atoms with Gasteiger partial charge in [-0.15, -0.1) is 0 Å². The van der Waals surface area contributed by atoms with Crippen LogP contribution < -0.4 is 14.8 Å². The van der Waals surface area contributed by atoms with Gasteiger partial charge < -0.3 is 19.2 Å². The van der Waals surface area contributed by atoms with Gasteiger partial charge in [0.25, 0.3) is 0 Å². The fourth-order valence-corrected chi connectivity index (χ4v) is 3.72. The molecule has 7 heteroatoms. The van der Waals surface area contributed by atoms with Crippen molar-refractivity contribution in [1.82, 2.24) is 9.38 Å². The minimum Gasteiger partial charge on any atom is -0.454 e. The largest absolute Gasteiger partial charge is 0.454 e. The molecule has 0 saturated carbocycles. The van der Waals surface area contributed by atoms with Gasteiger partial charge in [-0.2, -0.15) is 0 Å². The Morgan fingerprint density at radius 3 is 2.77 bits per heavy atom. The molecule has 4 aromatic rings.